The van der Waals surface area contributed by atoms with Crippen LogP contribution in [0.5, 0.6) is 5.75 Å². The maximum absolute atomic E-state index is 5.41. The highest BCUT2D eigenvalue weighted by Gasteiger charge is 2.24. The normalized spacial score (nSPS) is 11.4. The van der Waals surface area contributed by atoms with Crippen LogP contribution >= 0.6 is 12.9 Å². The Morgan fingerprint density at radius 2 is 1.68 bits per heavy atom. The Hall–Kier alpha value is -1.41. The molecule has 0 radical (unpaired) electrons. The van der Waals surface area contributed by atoms with Crippen LogP contribution in [-0.4, -0.2) is 0 Å². The summed E-state index contributed by atoms with van der Waals surface area (Å²) in [6.07, 6.45) is 1.05. The van der Waals surface area contributed by atoms with E-state index in [2.05, 4.69) is 64.0 Å². The van der Waals surface area contributed by atoms with E-state index in [1.165, 1.54) is 5.56 Å². The molecule has 0 aliphatic carbocycles. The monoisotopic (exact) mass is 272 g/mol. The standard InChI is InChI=1S/C17H20OS/c1-4-17(2,3)15-12-8-11-14(16(15)18-19)13-9-6-5-7-10-13/h5-12,19H,4H2,1-3H3. The van der Waals surface area contributed by atoms with E-state index in [9.17, 15) is 0 Å². The highest BCUT2D eigenvalue weighted by atomic mass is 32.1. The van der Waals surface area contributed by atoms with Crippen LogP contribution in [-0.2, 0) is 5.41 Å². The second kappa shape index (κ2) is 5.70. The minimum Gasteiger partial charge on any atom is -0.428 e. The molecule has 0 aliphatic rings. The lowest BCUT2D eigenvalue weighted by molar-refractivity contribution is 0.487. The molecule has 0 bridgehead atoms. The number of rotatable bonds is 4. The summed E-state index contributed by atoms with van der Waals surface area (Å²) in [5.74, 6) is 0.865. The summed E-state index contributed by atoms with van der Waals surface area (Å²) in [5.41, 5.74) is 3.52. The first-order valence-corrected chi connectivity index (χ1v) is 6.97. The van der Waals surface area contributed by atoms with Crippen LogP contribution in [0.4, 0.5) is 0 Å². The summed E-state index contributed by atoms with van der Waals surface area (Å²) < 4.78 is 5.41. The molecule has 2 aromatic rings. The van der Waals surface area contributed by atoms with Crippen LogP contribution in [0.15, 0.2) is 48.5 Å². The van der Waals surface area contributed by atoms with Crippen LogP contribution in [0, 0.1) is 0 Å². The maximum Gasteiger partial charge on any atom is 0.148 e. The van der Waals surface area contributed by atoms with E-state index in [0.717, 1.165) is 23.3 Å². The number of benzene rings is 2. The van der Waals surface area contributed by atoms with E-state index < -0.39 is 0 Å². The Labute approximate surface area is 121 Å². The topological polar surface area (TPSA) is 9.23 Å². The molecule has 0 amide bonds. The molecule has 19 heavy (non-hydrogen) atoms. The van der Waals surface area contributed by atoms with Gasteiger partial charge in [-0.05, 0) is 17.4 Å². The number of para-hydroxylation sites is 1. The average molecular weight is 272 g/mol. The van der Waals surface area contributed by atoms with Crippen molar-refractivity contribution in [2.45, 2.75) is 32.6 Å². The molecule has 100 valence electrons. The molecule has 0 aliphatic heterocycles. The average Bonchev–Trinajstić information content (AvgIpc) is 2.47. The molecule has 0 unspecified atom stereocenters. The van der Waals surface area contributed by atoms with Crippen LogP contribution in [0.3, 0.4) is 0 Å². The Morgan fingerprint density at radius 3 is 2.26 bits per heavy atom. The molecular weight excluding hydrogens is 252 g/mol. The lowest BCUT2D eigenvalue weighted by Crippen LogP contribution is -2.16. The molecule has 0 N–H and O–H groups in total. The van der Waals surface area contributed by atoms with Crippen LogP contribution < -0.4 is 4.18 Å². The largest absolute Gasteiger partial charge is 0.428 e. The fraction of sp³-hybridized carbons (Fsp3) is 0.294. The van der Waals surface area contributed by atoms with Crippen molar-refractivity contribution in [3.63, 3.8) is 0 Å². The van der Waals surface area contributed by atoms with Crippen molar-refractivity contribution in [2.75, 3.05) is 0 Å². The lowest BCUT2D eigenvalue weighted by Gasteiger charge is -2.26. The molecule has 0 saturated heterocycles. The summed E-state index contributed by atoms with van der Waals surface area (Å²) in [5, 5.41) is 0. The summed E-state index contributed by atoms with van der Waals surface area (Å²) >= 11 is 4.07. The van der Waals surface area contributed by atoms with Crippen LogP contribution in [0.2, 0.25) is 0 Å². The van der Waals surface area contributed by atoms with Gasteiger partial charge in [-0.3, -0.25) is 0 Å². The first kappa shape index (κ1) is 14.0. The van der Waals surface area contributed by atoms with E-state index in [1.807, 2.05) is 18.2 Å². The summed E-state index contributed by atoms with van der Waals surface area (Å²) in [6.45, 7) is 6.65. The number of hydrogen-bond donors (Lipinski definition) is 1. The zero-order chi connectivity index (χ0) is 13.9. The van der Waals surface area contributed by atoms with E-state index in [4.69, 9.17) is 4.18 Å². The zero-order valence-electron chi connectivity index (χ0n) is 11.7. The Bertz CT molecular complexity index is 546. The second-order valence-corrected chi connectivity index (χ2v) is 5.56. The molecule has 1 nitrogen and oxygen atoms in total. The molecule has 2 heteroatoms. The minimum absolute atomic E-state index is 0.0723. The summed E-state index contributed by atoms with van der Waals surface area (Å²) in [7, 11) is 0. The molecular formula is C17H20OS. The van der Waals surface area contributed by atoms with Crippen molar-refractivity contribution in [1.29, 1.82) is 0 Å². The predicted octanol–water partition coefficient (Wildman–Crippen LogP) is 5.26. The SMILES string of the molecule is CCC(C)(C)c1cccc(-c2ccccc2)c1OS. The second-order valence-electron chi connectivity index (χ2n) is 5.38. The Morgan fingerprint density at radius 1 is 1.00 bits per heavy atom. The van der Waals surface area contributed by atoms with Gasteiger partial charge >= 0.3 is 0 Å². The van der Waals surface area contributed by atoms with Gasteiger partial charge in [-0.2, -0.15) is 0 Å². The van der Waals surface area contributed by atoms with E-state index in [1.54, 1.807) is 0 Å². The van der Waals surface area contributed by atoms with E-state index in [-0.39, 0.29) is 5.41 Å². The molecule has 0 spiro atoms. The van der Waals surface area contributed by atoms with Gasteiger partial charge in [0.15, 0.2) is 0 Å². The zero-order valence-corrected chi connectivity index (χ0v) is 12.6. The highest BCUT2D eigenvalue weighted by Crippen LogP contribution is 2.41. The van der Waals surface area contributed by atoms with Crippen LogP contribution in [0.25, 0.3) is 11.1 Å². The quantitative estimate of drug-likeness (QED) is 0.589. The third-order valence-corrected chi connectivity index (χ3v) is 3.99. The van der Waals surface area contributed by atoms with Gasteiger partial charge in [0.1, 0.15) is 5.75 Å². The smallest absolute Gasteiger partial charge is 0.148 e. The van der Waals surface area contributed by atoms with E-state index >= 15 is 0 Å². The van der Waals surface area contributed by atoms with Gasteiger partial charge in [-0.15, -0.1) is 0 Å². The van der Waals surface area contributed by atoms with Gasteiger partial charge in [0.05, 0.1) is 0 Å². The third kappa shape index (κ3) is 2.79. The predicted molar refractivity (Wildman–Crippen MR) is 84.8 cm³/mol. The Kier molecular flexibility index (Phi) is 4.20. The van der Waals surface area contributed by atoms with E-state index in [0.29, 0.717) is 0 Å². The molecule has 0 atom stereocenters. The van der Waals surface area contributed by atoms with Crippen molar-refractivity contribution in [3.8, 4) is 16.9 Å². The van der Waals surface area contributed by atoms with Crippen molar-refractivity contribution < 1.29 is 4.18 Å². The van der Waals surface area contributed by atoms with Gasteiger partial charge < -0.3 is 4.18 Å². The van der Waals surface area contributed by atoms with Gasteiger partial charge in [0, 0.05) is 24.0 Å². The van der Waals surface area contributed by atoms with Crippen molar-refractivity contribution in [2.24, 2.45) is 0 Å². The van der Waals surface area contributed by atoms with Crippen molar-refractivity contribution in [1.82, 2.24) is 0 Å². The first-order valence-electron chi connectivity index (χ1n) is 6.60. The van der Waals surface area contributed by atoms with Crippen LogP contribution in [0.1, 0.15) is 32.8 Å². The number of thiol groups is 1. The third-order valence-electron chi connectivity index (χ3n) is 3.80. The molecule has 0 saturated carbocycles. The van der Waals surface area contributed by atoms with Gasteiger partial charge in [0.2, 0.25) is 0 Å². The molecule has 2 rings (SSSR count). The molecule has 0 heterocycles. The fourth-order valence-corrected chi connectivity index (χ4v) is 2.40. The maximum atomic E-state index is 5.41. The molecule has 0 fully saturated rings. The summed E-state index contributed by atoms with van der Waals surface area (Å²) in [4.78, 5) is 0. The van der Waals surface area contributed by atoms with Crippen molar-refractivity contribution in [3.05, 3.63) is 54.1 Å². The highest BCUT2D eigenvalue weighted by molar-refractivity contribution is 7.75. The van der Waals surface area contributed by atoms with Gasteiger partial charge in [-0.1, -0.05) is 69.3 Å². The minimum atomic E-state index is 0.0723. The number of hydrogen-bond acceptors (Lipinski definition) is 2. The van der Waals surface area contributed by atoms with Gasteiger partial charge in [0.25, 0.3) is 0 Å². The fourth-order valence-electron chi connectivity index (χ4n) is 2.20. The molecule has 2 aromatic carbocycles. The molecule has 0 aromatic heterocycles. The Balaban J connectivity index is 2.62. The first-order chi connectivity index (χ1) is 9.10. The van der Waals surface area contributed by atoms with Crippen molar-refractivity contribution >= 4 is 12.9 Å². The van der Waals surface area contributed by atoms with Gasteiger partial charge in [-0.25, -0.2) is 0 Å². The lowest BCUT2D eigenvalue weighted by atomic mass is 9.80. The summed E-state index contributed by atoms with van der Waals surface area (Å²) in [6, 6.07) is 16.6.